The molecule has 13 rings (SSSR count). The van der Waals surface area contributed by atoms with Crippen molar-refractivity contribution in [1.29, 1.82) is 0 Å². The Morgan fingerprint density at radius 1 is 0.206 bits per heavy atom. The Hall–Kier alpha value is -7.85. The number of hydrogen-bond donors (Lipinski definition) is 0. The van der Waals surface area contributed by atoms with Crippen molar-refractivity contribution in [3.63, 3.8) is 0 Å². The molecule has 0 aliphatic carbocycles. The summed E-state index contributed by atoms with van der Waals surface area (Å²) in [4.78, 5) is 5.20. The molecule has 0 saturated heterocycles. The highest BCUT2D eigenvalue weighted by atomic mass is 32.3. The van der Waals surface area contributed by atoms with E-state index in [1.54, 1.807) is 0 Å². The van der Waals surface area contributed by atoms with Crippen molar-refractivity contribution < 1.29 is 0 Å². The lowest BCUT2D eigenvalue weighted by Crippen LogP contribution is -2.06. The van der Waals surface area contributed by atoms with Crippen molar-refractivity contribution in [1.82, 2.24) is 9.13 Å². The molecule has 2 aromatic heterocycles. The molecule has 0 N–H and O–H groups in total. The van der Waals surface area contributed by atoms with Crippen LogP contribution >= 0.6 is 10.0 Å². The van der Waals surface area contributed by atoms with Gasteiger partial charge in [0.05, 0.1) is 22.1 Å². The minimum absolute atomic E-state index is 1.14. The van der Waals surface area contributed by atoms with Crippen molar-refractivity contribution in [2.24, 2.45) is 0 Å². The highest BCUT2D eigenvalue weighted by molar-refractivity contribution is 8.34. The van der Waals surface area contributed by atoms with Crippen molar-refractivity contribution in [3.8, 4) is 11.4 Å². The monoisotopic (exact) mass is 820 g/mol. The van der Waals surface area contributed by atoms with Gasteiger partial charge in [0.25, 0.3) is 0 Å². The zero-order valence-electron chi connectivity index (χ0n) is 34.4. The Bertz CT molecular complexity index is 3830. The molecule has 0 aliphatic rings. The zero-order valence-corrected chi connectivity index (χ0v) is 35.2. The van der Waals surface area contributed by atoms with Gasteiger partial charge in [0, 0.05) is 52.5 Å². The molecule has 0 saturated carbocycles. The molecule has 13 aromatic rings. The van der Waals surface area contributed by atoms with Gasteiger partial charge in [-0.05, 0) is 123 Å². The Kier molecular flexibility index (Phi) is 8.03. The minimum Gasteiger partial charge on any atom is -0.309 e. The second-order valence-electron chi connectivity index (χ2n) is 16.5. The van der Waals surface area contributed by atoms with Crippen LogP contribution in [0.4, 0.5) is 0 Å². The third-order valence-electron chi connectivity index (χ3n) is 13.2. The second-order valence-corrected chi connectivity index (χ2v) is 19.6. The maximum atomic E-state index is 2.52. The van der Waals surface area contributed by atoms with Crippen LogP contribution in [0.1, 0.15) is 0 Å². The summed E-state index contributed by atoms with van der Waals surface area (Å²) in [6, 6.07) is 90.4. The number of rotatable bonds is 6. The summed E-state index contributed by atoms with van der Waals surface area (Å²) in [6.45, 7) is 0. The SMILES string of the molecule is c1ccc(-n2c3ccccc3c3cc4c(cc32)c2ccccc2n4-c2cccc(S(c3ccccc3)(c3ccccc3)c3ccc4c5ccccc5c5ccccc5c4c3)c2)cc1. The van der Waals surface area contributed by atoms with Gasteiger partial charge in [0.1, 0.15) is 0 Å². The van der Waals surface area contributed by atoms with Crippen LogP contribution in [0.5, 0.6) is 0 Å². The fraction of sp³-hybridized carbons (Fsp3) is 0. The largest absolute Gasteiger partial charge is 0.309 e. The average molecular weight is 821 g/mol. The zero-order chi connectivity index (χ0) is 41.5. The summed E-state index contributed by atoms with van der Waals surface area (Å²) < 4.78 is 4.92. The maximum absolute atomic E-state index is 2.52. The highest BCUT2D eigenvalue weighted by Gasteiger charge is 2.34. The van der Waals surface area contributed by atoms with E-state index in [0.717, 1.165) is 11.4 Å². The van der Waals surface area contributed by atoms with Crippen molar-refractivity contribution in [2.75, 3.05) is 0 Å². The molecule has 2 heterocycles. The lowest BCUT2D eigenvalue weighted by atomic mass is 9.94. The lowest BCUT2D eigenvalue weighted by Gasteiger charge is -2.42. The molecule has 0 unspecified atom stereocenters. The fourth-order valence-electron chi connectivity index (χ4n) is 10.5. The minimum atomic E-state index is -2.05. The van der Waals surface area contributed by atoms with E-state index in [4.69, 9.17) is 0 Å². The molecule has 296 valence electrons. The number of nitrogens with zero attached hydrogens (tertiary/aromatic N) is 2. The van der Waals surface area contributed by atoms with E-state index >= 15 is 0 Å². The van der Waals surface area contributed by atoms with E-state index in [1.165, 1.54) is 95.5 Å². The molecule has 0 spiro atoms. The molecule has 0 bridgehead atoms. The van der Waals surface area contributed by atoms with Crippen LogP contribution in [0.2, 0.25) is 0 Å². The molecule has 0 atom stereocenters. The smallest absolute Gasteiger partial charge is 0.0548 e. The molecule has 0 fully saturated rings. The van der Waals surface area contributed by atoms with E-state index in [0.29, 0.717) is 0 Å². The Morgan fingerprint density at radius 2 is 0.587 bits per heavy atom. The first-order chi connectivity index (χ1) is 31.3. The molecule has 63 heavy (non-hydrogen) atoms. The van der Waals surface area contributed by atoms with Gasteiger partial charge in [-0.15, -0.1) is 10.0 Å². The first kappa shape index (κ1) is 35.9. The Labute approximate surface area is 366 Å². The van der Waals surface area contributed by atoms with Crippen molar-refractivity contribution in [3.05, 3.63) is 243 Å². The predicted octanol–water partition coefficient (Wildman–Crippen LogP) is 16.7. The van der Waals surface area contributed by atoms with Crippen LogP contribution in [0.3, 0.4) is 0 Å². The van der Waals surface area contributed by atoms with Crippen molar-refractivity contribution in [2.45, 2.75) is 19.6 Å². The van der Waals surface area contributed by atoms with Gasteiger partial charge in [-0.3, -0.25) is 0 Å². The predicted molar refractivity (Wildman–Crippen MR) is 268 cm³/mol. The van der Waals surface area contributed by atoms with Gasteiger partial charge in [0.2, 0.25) is 0 Å². The van der Waals surface area contributed by atoms with Crippen LogP contribution in [0.25, 0.3) is 87.3 Å². The van der Waals surface area contributed by atoms with E-state index < -0.39 is 10.0 Å². The van der Waals surface area contributed by atoms with Gasteiger partial charge >= 0.3 is 0 Å². The van der Waals surface area contributed by atoms with E-state index in [2.05, 4.69) is 252 Å². The van der Waals surface area contributed by atoms with Gasteiger partial charge < -0.3 is 9.13 Å². The van der Waals surface area contributed by atoms with Gasteiger partial charge in [-0.25, -0.2) is 0 Å². The summed E-state index contributed by atoms with van der Waals surface area (Å²) >= 11 is 0. The van der Waals surface area contributed by atoms with E-state index in [-0.39, 0.29) is 0 Å². The maximum Gasteiger partial charge on any atom is 0.0548 e. The van der Waals surface area contributed by atoms with Gasteiger partial charge in [-0.1, -0.05) is 152 Å². The summed E-state index contributed by atoms with van der Waals surface area (Å²) in [5.41, 5.74) is 7.11. The Morgan fingerprint density at radius 3 is 1.13 bits per heavy atom. The number of aromatic nitrogens is 2. The standard InChI is InChI=1S/C60H40N2S/c1-4-19-41(20-5-1)61-57-33-16-14-31-52(57)55-40-60-56(39-59(55)61)53-32-15-17-34-58(53)62(60)42-21-18-26-45(37-42)63(43-22-6-2-7-23-43,44-24-8-3-9-25-44)46-35-36-51-49-29-11-10-27-47(49)48-28-12-13-30-50(48)54(51)38-46/h1-40H. The fourth-order valence-corrected chi connectivity index (χ4v) is 14.4. The first-order valence-corrected chi connectivity index (χ1v) is 23.3. The molecular weight excluding hydrogens is 781 g/mol. The molecule has 0 amide bonds. The van der Waals surface area contributed by atoms with Crippen LogP contribution in [0, 0.1) is 0 Å². The molecule has 3 heteroatoms. The third kappa shape index (κ3) is 5.27. The summed E-state index contributed by atoms with van der Waals surface area (Å²) in [5.74, 6) is 0. The number of para-hydroxylation sites is 3. The van der Waals surface area contributed by atoms with Crippen LogP contribution in [0.15, 0.2) is 262 Å². The molecule has 11 aromatic carbocycles. The second kappa shape index (κ2) is 14.1. The van der Waals surface area contributed by atoms with Gasteiger partial charge in [0.15, 0.2) is 0 Å². The quantitative estimate of drug-likeness (QED) is 0.148. The Balaban J connectivity index is 1.12. The highest BCUT2D eigenvalue weighted by Crippen LogP contribution is 2.74. The topological polar surface area (TPSA) is 9.86 Å². The van der Waals surface area contributed by atoms with Gasteiger partial charge in [-0.2, -0.15) is 0 Å². The first-order valence-electron chi connectivity index (χ1n) is 21.7. The number of benzene rings is 11. The number of hydrogen-bond acceptors (Lipinski definition) is 0. The van der Waals surface area contributed by atoms with Crippen LogP contribution < -0.4 is 0 Å². The molecule has 0 aliphatic heterocycles. The molecule has 0 radical (unpaired) electrons. The lowest BCUT2D eigenvalue weighted by molar-refractivity contribution is 1.15. The summed E-state index contributed by atoms with van der Waals surface area (Å²) in [5, 5.41) is 12.7. The van der Waals surface area contributed by atoms with E-state index in [1.807, 2.05) is 0 Å². The summed E-state index contributed by atoms with van der Waals surface area (Å²) in [6.07, 6.45) is 0. The number of fused-ring (bicyclic) bond motifs is 12. The molecule has 2 nitrogen and oxygen atoms in total. The summed E-state index contributed by atoms with van der Waals surface area (Å²) in [7, 11) is -2.05. The van der Waals surface area contributed by atoms with Crippen LogP contribution in [-0.2, 0) is 0 Å². The van der Waals surface area contributed by atoms with E-state index in [9.17, 15) is 0 Å². The average Bonchev–Trinajstić information content (AvgIpc) is 3.86. The normalized spacial score (nSPS) is 12.4. The van der Waals surface area contributed by atoms with Crippen molar-refractivity contribution >= 4 is 86.0 Å². The van der Waals surface area contributed by atoms with Crippen LogP contribution in [-0.4, -0.2) is 9.13 Å². The third-order valence-corrected chi connectivity index (χ3v) is 17.1. The molecular formula is C60H40N2S.